The molecule has 17 heavy (non-hydrogen) atoms. The fourth-order valence-electron chi connectivity index (χ4n) is 1.46. The Kier molecular flexibility index (Phi) is 3.04. The number of hydrogen-bond acceptors (Lipinski definition) is 1. The van der Waals surface area contributed by atoms with Crippen LogP contribution in [0, 0.1) is 0 Å². The highest BCUT2D eigenvalue weighted by atomic mass is 19.4. The summed E-state index contributed by atoms with van der Waals surface area (Å²) in [6.45, 7) is 0. The number of hydrogen-bond donors (Lipinski definition) is 0. The Morgan fingerprint density at radius 1 is 1.00 bits per heavy atom. The van der Waals surface area contributed by atoms with Gasteiger partial charge in [0.1, 0.15) is 5.76 Å². The van der Waals surface area contributed by atoms with Crippen LogP contribution in [0.2, 0.25) is 0 Å². The first-order valence-corrected chi connectivity index (χ1v) is 4.95. The first-order chi connectivity index (χ1) is 8.07. The summed E-state index contributed by atoms with van der Waals surface area (Å²) in [7, 11) is 0. The number of allylic oxidation sites excluding steroid dienone is 1. The van der Waals surface area contributed by atoms with Crippen molar-refractivity contribution in [1.29, 1.82) is 0 Å². The third kappa shape index (κ3) is 2.78. The molecule has 0 bridgehead atoms. The summed E-state index contributed by atoms with van der Waals surface area (Å²) in [4.78, 5) is 0. The summed E-state index contributed by atoms with van der Waals surface area (Å²) < 4.78 is 43.6. The Hall–Kier alpha value is -1.97. The highest BCUT2D eigenvalue weighted by Crippen LogP contribution is 2.35. The summed E-state index contributed by atoms with van der Waals surface area (Å²) in [6, 6.07) is 10.7. The monoisotopic (exact) mass is 238 g/mol. The van der Waals surface area contributed by atoms with E-state index in [0.717, 1.165) is 6.08 Å². The number of alkyl halides is 3. The molecular formula is C13H9F3O. The molecule has 0 fully saturated rings. The highest BCUT2D eigenvalue weighted by molar-refractivity contribution is 5.83. The second kappa shape index (κ2) is 4.49. The van der Waals surface area contributed by atoms with Crippen LogP contribution in [0.5, 0.6) is 0 Å². The second-order valence-electron chi connectivity index (χ2n) is 3.44. The van der Waals surface area contributed by atoms with Crippen molar-refractivity contribution < 1.29 is 17.6 Å². The standard InChI is InChI=1S/C13H9F3O/c14-13(15,16)12(9-11-7-4-8-17-11)10-5-2-1-3-6-10/h1-9H/b12-9+. The van der Waals surface area contributed by atoms with Gasteiger partial charge in [-0.3, -0.25) is 0 Å². The van der Waals surface area contributed by atoms with Crippen molar-refractivity contribution in [2.45, 2.75) is 6.18 Å². The van der Waals surface area contributed by atoms with Crippen LogP contribution in [0.25, 0.3) is 11.6 Å². The summed E-state index contributed by atoms with van der Waals surface area (Å²) in [5.41, 5.74) is -0.593. The van der Waals surface area contributed by atoms with Gasteiger partial charge in [0.25, 0.3) is 0 Å². The Bertz CT molecular complexity index is 495. The molecule has 0 saturated carbocycles. The summed E-state index contributed by atoms with van der Waals surface area (Å²) in [5, 5.41) is 0. The molecule has 1 nitrogen and oxygen atoms in total. The van der Waals surface area contributed by atoms with Gasteiger partial charge in [0.2, 0.25) is 0 Å². The number of halogens is 3. The molecule has 0 aliphatic carbocycles. The van der Waals surface area contributed by atoms with Crippen molar-refractivity contribution in [3.63, 3.8) is 0 Å². The fourth-order valence-corrected chi connectivity index (χ4v) is 1.46. The third-order valence-electron chi connectivity index (χ3n) is 2.22. The molecule has 0 amide bonds. The minimum Gasteiger partial charge on any atom is -0.465 e. The maximum atomic E-state index is 12.9. The molecule has 0 unspecified atom stereocenters. The van der Waals surface area contributed by atoms with E-state index >= 15 is 0 Å². The zero-order chi connectivity index (χ0) is 12.3. The average molecular weight is 238 g/mol. The van der Waals surface area contributed by atoms with Gasteiger partial charge in [-0.15, -0.1) is 0 Å². The Balaban J connectivity index is 2.47. The van der Waals surface area contributed by atoms with Crippen LogP contribution in [-0.4, -0.2) is 6.18 Å². The van der Waals surface area contributed by atoms with Crippen LogP contribution in [0.4, 0.5) is 13.2 Å². The van der Waals surface area contributed by atoms with Crippen LogP contribution in [0.3, 0.4) is 0 Å². The van der Waals surface area contributed by atoms with E-state index in [1.54, 1.807) is 24.3 Å². The van der Waals surface area contributed by atoms with Crippen LogP contribution >= 0.6 is 0 Å². The number of furan rings is 1. The van der Waals surface area contributed by atoms with Gasteiger partial charge in [-0.05, 0) is 23.8 Å². The second-order valence-corrected chi connectivity index (χ2v) is 3.44. The average Bonchev–Trinajstić information content (AvgIpc) is 2.78. The molecule has 88 valence electrons. The maximum Gasteiger partial charge on any atom is 0.417 e. The van der Waals surface area contributed by atoms with E-state index in [2.05, 4.69) is 0 Å². The van der Waals surface area contributed by atoms with E-state index in [4.69, 9.17) is 4.42 Å². The predicted octanol–water partition coefficient (Wildman–Crippen LogP) is 4.38. The first kappa shape index (κ1) is 11.5. The van der Waals surface area contributed by atoms with E-state index in [1.165, 1.54) is 24.5 Å². The highest BCUT2D eigenvalue weighted by Gasteiger charge is 2.34. The third-order valence-corrected chi connectivity index (χ3v) is 2.22. The van der Waals surface area contributed by atoms with Crippen molar-refractivity contribution in [2.75, 3.05) is 0 Å². The van der Waals surface area contributed by atoms with Crippen molar-refractivity contribution in [3.05, 3.63) is 60.1 Å². The largest absolute Gasteiger partial charge is 0.465 e. The summed E-state index contributed by atoms with van der Waals surface area (Å²) in [5.74, 6) is 0.182. The quantitative estimate of drug-likeness (QED) is 0.756. The van der Waals surface area contributed by atoms with E-state index in [9.17, 15) is 13.2 Å². The lowest BCUT2D eigenvalue weighted by Crippen LogP contribution is -2.10. The predicted molar refractivity (Wildman–Crippen MR) is 59.1 cm³/mol. The van der Waals surface area contributed by atoms with E-state index in [-0.39, 0.29) is 11.3 Å². The van der Waals surface area contributed by atoms with Crippen LogP contribution in [0.1, 0.15) is 11.3 Å². The van der Waals surface area contributed by atoms with Crippen LogP contribution < -0.4 is 0 Å². The lowest BCUT2D eigenvalue weighted by Gasteiger charge is -2.11. The molecule has 2 rings (SSSR count). The van der Waals surface area contributed by atoms with Gasteiger partial charge in [-0.1, -0.05) is 30.3 Å². The van der Waals surface area contributed by atoms with E-state index < -0.39 is 11.7 Å². The maximum absolute atomic E-state index is 12.9. The molecule has 1 heterocycles. The number of rotatable bonds is 2. The fraction of sp³-hybridized carbons (Fsp3) is 0.0769. The molecule has 1 aromatic heterocycles. The van der Waals surface area contributed by atoms with Crippen molar-refractivity contribution in [2.24, 2.45) is 0 Å². The molecule has 0 N–H and O–H groups in total. The summed E-state index contributed by atoms with van der Waals surface area (Å²) >= 11 is 0. The molecule has 2 aromatic rings. The summed E-state index contributed by atoms with van der Waals surface area (Å²) in [6.07, 6.45) is -2.08. The van der Waals surface area contributed by atoms with Crippen LogP contribution in [0.15, 0.2) is 53.1 Å². The lowest BCUT2D eigenvalue weighted by atomic mass is 10.0. The molecule has 1 aromatic carbocycles. The van der Waals surface area contributed by atoms with Gasteiger partial charge in [-0.2, -0.15) is 13.2 Å². The van der Waals surface area contributed by atoms with Gasteiger partial charge >= 0.3 is 6.18 Å². The normalized spacial score (nSPS) is 12.8. The topological polar surface area (TPSA) is 13.1 Å². The molecule has 0 atom stereocenters. The number of benzene rings is 1. The van der Waals surface area contributed by atoms with Crippen LogP contribution in [-0.2, 0) is 0 Å². The van der Waals surface area contributed by atoms with Gasteiger partial charge in [-0.25, -0.2) is 0 Å². The molecule has 0 spiro atoms. The Morgan fingerprint density at radius 3 is 2.24 bits per heavy atom. The lowest BCUT2D eigenvalue weighted by molar-refractivity contribution is -0.0683. The van der Waals surface area contributed by atoms with Crippen molar-refractivity contribution in [1.82, 2.24) is 0 Å². The molecule has 4 heteroatoms. The minimum atomic E-state index is -4.41. The Morgan fingerprint density at radius 2 is 1.71 bits per heavy atom. The molecule has 0 aliphatic rings. The van der Waals surface area contributed by atoms with Gasteiger partial charge in [0, 0.05) is 0 Å². The minimum absolute atomic E-state index is 0.122. The zero-order valence-electron chi connectivity index (χ0n) is 8.74. The van der Waals surface area contributed by atoms with Gasteiger partial charge < -0.3 is 4.42 Å². The van der Waals surface area contributed by atoms with E-state index in [1.807, 2.05) is 0 Å². The molecule has 0 radical (unpaired) electrons. The van der Waals surface area contributed by atoms with Crippen molar-refractivity contribution in [3.8, 4) is 0 Å². The first-order valence-electron chi connectivity index (χ1n) is 4.95. The molecule has 0 aliphatic heterocycles. The zero-order valence-corrected chi connectivity index (χ0v) is 8.74. The van der Waals surface area contributed by atoms with Gasteiger partial charge in [0.15, 0.2) is 0 Å². The van der Waals surface area contributed by atoms with Gasteiger partial charge in [0.05, 0.1) is 11.8 Å². The smallest absolute Gasteiger partial charge is 0.417 e. The SMILES string of the molecule is FC(F)(F)/C(=C/c1ccco1)c1ccccc1. The van der Waals surface area contributed by atoms with E-state index in [0.29, 0.717) is 0 Å². The molecular weight excluding hydrogens is 229 g/mol. The van der Waals surface area contributed by atoms with Crippen molar-refractivity contribution >= 4 is 11.6 Å². The Labute approximate surface area is 96.2 Å². The molecule has 0 saturated heterocycles.